The third-order valence-corrected chi connectivity index (χ3v) is 5.43. The Balaban J connectivity index is 2.18. The van der Waals surface area contributed by atoms with Crippen LogP contribution in [0.4, 0.5) is 5.69 Å². The minimum atomic E-state index is -0.576. The predicted molar refractivity (Wildman–Crippen MR) is 97.2 cm³/mol. The van der Waals surface area contributed by atoms with Crippen LogP contribution in [0, 0.1) is 12.8 Å². The number of nitrogens with zero attached hydrogens (tertiary/aromatic N) is 1. The molecule has 3 nitrogen and oxygen atoms in total. The van der Waals surface area contributed by atoms with Crippen LogP contribution in [0.2, 0.25) is 10.0 Å². The Morgan fingerprint density at radius 1 is 1.30 bits per heavy atom. The fourth-order valence-electron chi connectivity index (χ4n) is 3.32. The smallest absolute Gasteiger partial charge is 0.356 e. The minimum Gasteiger partial charge on any atom is -0.421 e. The second-order valence-electron chi connectivity index (χ2n) is 6.66. The Hall–Kier alpha value is -1.19. The fourth-order valence-corrected chi connectivity index (χ4v) is 3.76. The van der Waals surface area contributed by atoms with Gasteiger partial charge in [-0.15, -0.1) is 0 Å². The summed E-state index contributed by atoms with van der Waals surface area (Å²) in [7, 11) is 0. The van der Waals surface area contributed by atoms with Crippen LogP contribution in [0.15, 0.2) is 15.3 Å². The van der Waals surface area contributed by atoms with Gasteiger partial charge in [0.2, 0.25) is 0 Å². The molecule has 124 valence electrons. The van der Waals surface area contributed by atoms with Crippen molar-refractivity contribution in [1.82, 2.24) is 0 Å². The molecule has 1 aliphatic heterocycles. The lowest BCUT2D eigenvalue weighted by Crippen LogP contribution is -2.31. The summed E-state index contributed by atoms with van der Waals surface area (Å²) in [4.78, 5) is 14.2. The van der Waals surface area contributed by atoms with E-state index in [1.807, 2.05) is 13.0 Å². The number of hydrogen-bond acceptors (Lipinski definition) is 3. The number of benzene rings is 1. The summed E-state index contributed by atoms with van der Waals surface area (Å²) in [5.41, 5.74) is 3.48. The molecule has 0 unspecified atom stereocenters. The number of rotatable bonds is 3. The number of hydrogen-bond donors (Lipinski definition) is 0. The summed E-state index contributed by atoms with van der Waals surface area (Å²) < 4.78 is 5.40. The van der Waals surface area contributed by atoms with Gasteiger partial charge in [-0.05, 0) is 43.2 Å². The van der Waals surface area contributed by atoms with Crippen LogP contribution in [0.5, 0.6) is 0 Å². The van der Waals surface area contributed by atoms with Gasteiger partial charge in [-0.25, -0.2) is 4.79 Å². The summed E-state index contributed by atoms with van der Waals surface area (Å²) in [5, 5.41) is 1.04. The van der Waals surface area contributed by atoms with E-state index < -0.39 is 5.63 Å². The molecule has 1 aromatic carbocycles. The second-order valence-corrected chi connectivity index (χ2v) is 7.42. The van der Waals surface area contributed by atoms with E-state index in [2.05, 4.69) is 18.7 Å². The summed E-state index contributed by atoms with van der Waals surface area (Å²) in [6, 6.07) is 1.96. The summed E-state index contributed by atoms with van der Waals surface area (Å²) in [6.07, 6.45) is 3.28. The third-order valence-electron chi connectivity index (χ3n) is 4.62. The molecule has 0 bridgehead atoms. The first-order valence-corrected chi connectivity index (χ1v) is 8.85. The van der Waals surface area contributed by atoms with E-state index in [-0.39, 0.29) is 5.02 Å². The van der Waals surface area contributed by atoms with Crippen LogP contribution < -0.4 is 10.5 Å². The van der Waals surface area contributed by atoms with Gasteiger partial charge in [-0.3, -0.25) is 0 Å². The van der Waals surface area contributed by atoms with Crippen molar-refractivity contribution in [2.75, 3.05) is 18.0 Å². The first kappa shape index (κ1) is 16.7. The van der Waals surface area contributed by atoms with Gasteiger partial charge in [-0.2, -0.15) is 0 Å². The molecule has 1 aliphatic rings. The molecular formula is C18H21Cl2NO2. The molecule has 5 heteroatoms. The molecule has 0 spiro atoms. The Labute approximate surface area is 146 Å². The minimum absolute atomic E-state index is 0.0327. The van der Waals surface area contributed by atoms with Gasteiger partial charge in [0.15, 0.2) is 0 Å². The SMILES string of the molecule is Cc1c2c(cc3oc(=O)c(Cl)c(Cl)c13)N(CCC(C)C)CCC2. The van der Waals surface area contributed by atoms with Gasteiger partial charge < -0.3 is 9.32 Å². The van der Waals surface area contributed by atoms with Gasteiger partial charge in [-0.1, -0.05) is 37.0 Å². The van der Waals surface area contributed by atoms with Crippen molar-refractivity contribution in [2.24, 2.45) is 5.92 Å². The van der Waals surface area contributed by atoms with E-state index in [4.69, 9.17) is 27.6 Å². The monoisotopic (exact) mass is 353 g/mol. The molecule has 0 N–H and O–H groups in total. The van der Waals surface area contributed by atoms with Crippen molar-refractivity contribution >= 4 is 39.9 Å². The second kappa shape index (κ2) is 6.37. The van der Waals surface area contributed by atoms with Gasteiger partial charge in [0.05, 0.1) is 5.02 Å². The van der Waals surface area contributed by atoms with E-state index in [1.165, 1.54) is 11.3 Å². The Morgan fingerprint density at radius 3 is 2.74 bits per heavy atom. The molecule has 3 rings (SSSR count). The zero-order valence-electron chi connectivity index (χ0n) is 13.7. The first-order valence-electron chi connectivity index (χ1n) is 8.09. The molecule has 2 heterocycles. The van der Waals surface area contributed by atoms with Crippen LogP contribution in [0.1, 0.15) is 37.8 Å². The third kappa shape index (κ3) is 2.97. The number of anilines is 1. The maximum absolute atomic E-state index is 11.8. The van der Waals surface area contributed by atoms with E-state index in [1.54, 1.807) is 0 Å². The highest BCUT2D eigenvalue weighted by atomic mass is 35.5. The molecule has 2 aromatic rings. The predicted octanol–water partition coefficient (Wildman–Crippen LogP) is 5.21. The van der Waals surface area contributed by atoms with Crippen molar-refractivity contribution in [1.29, 1.82) is 0 Å². The molecule has 0 aliphatic carbocycles. The van der Waals surface area contributed by atoms with Crippen molar-refractivity contribution < 1.29 is 4.42 Å². The Bertz CT molecular complexity index is 811. The molecule has 0 fully saturated rings. The van der Waals surface area contributed by atoms with Gasteiger partial charge in [0.25, 0.3) is 0 Å². The maximum atomic E-state index is 11.8. The number of fused-ring (bicyclic) bond motifs is 2. The highest BCUT2D eigenvalue weighted by Crippen LogP contribution is 2.39. The largest absolute Gasteiger partial charge is 0.421 e. The Kier molecular flexibility index (Phi) is 4.61. The van der Waals surface area contributed by atoms with Gasteiger partial charge in [0.1, 0.15) is 10.6 Å². The molecule has 23 heavy (non-hydrogen) atoms. The standard InChI is InChI=1S/C18H21Cl2NO2/c1-10(2)6-8-21-7-4-5-12-11(3)15-14(9-13(12)21)23-18(22)17(20)16(15)19/h9-10H,4-8H2,1-3H3. The van der Waals surface area contributed by atoms with E-state index in [0.717, 1.165) is 43.3 Å². The summed E-state index contributed by atoms with van der Waals surface area (Å²) in [6.45, 7) is 8.56. The molecule has 1 aromatic heterocycles. The normalized spacial score (nSPS) is 14.6. The fraction of sp³-hybridized carbons (Fsp3) is 0.500. The van der Waals surface area contributed by atoms with Crippen LogP contribution in [-0.2, 0) is 6.42 Å². The van der Waals surface area contributed by atoms with Crippen molar-refractivity contribution in [2.45, 2.75) is 40.0 Å². The van der Waals surface area contributed by atoms with Crippen molar-refractivity contribution in [3.05, 3.63) is 37.7 Å². The van der Waals surface area contributed by atoms with Crippen LogP contribution in [0.25, 0.3) is 11.0 Å². The molecule has 0 saturated heterocycles. The van der Waals surface area contributed by atoms with E-state index in [9.17, 15) is 4.79 Å². The molecule has 0 saturated carbocycles. The van der Waals surface area contributed by atoms with E-state index >= 15 is 0 Å². The highest BCUT2D eigenvalue weighted by molar-refractivity contribution is 6.45. The zero-order chi connectivity index (χ0) is 16.7. The lowest BCUT2D eigenvalue weighted by atomic mass is 9.93. The summed E-state index contributed by atoms with van der Waals surface area (Å²) >= 11 is 12.3. The molecule has 0 radical (unpaired) electrons. The van der Waals surface area contributed by atoms with Crippen molar-refractivity contribution in [3.8, 4) is 0 Å². The average Bonchev–Trinajstić information content (AvgIpc) is 2.50. The van der Waals surface area contributed by atoms with Crippen LogP contribution in [0.3, 0.4) is 0 Å². The van der Waals surface area contributed by atoms with Crippen LogP contribution >= 0.6 is 23.2 Å². The van der Waals surface area contributed by atoms with Gasteiger partial charge in [0, 0.05) is 30.2 Å². The molecule has 0 amide bonds. The van der Waals surface area contributed by atoms with Crippen molar-refractivity contribution in [3.63, 3.8) is 0 Å². The number of halogens is 2. The zero-order valence-corrected chi connectivity index (χ0v) is 15.2. The summed E-state index contributed by atoms with van der Waals surface area (Å²) in [5.74, 6) is 0.660. The van der Waals surface area contributed by atoms with Gasteiger partial charge >= 0.3 is 5.63 Å². The maximum Gasteiger partial charge on any atom is 0.356 e. The molecular weight excluding hydrogens is 333 g/mol. The first-order chi connectivity index (χ1) is 10.9. The topological polar surface area (TPSA) is 33.5 Å². The molecule has 0 atom stereocenters. The lowest BCUT2D eigenvalue weighted by Gasteiger charge is -2.33. The van der Waals surface area contributed by atoms with Crippen LogP contribution in [-0.4, -0.2) is 13.1 Å². The lowest BCUT2D eigenvalue weighted by molar-refractivity contribution is 0.553. The van der Waals surface area contributed by atoms with E-state index in [0.29, 0.717) is 16.5 Å². The highest BCUT2D eigenvalue weighted by Gasteiger charge is 2.23. The Morgan fingerprint density at radius 2 is 2.04 bits per heavy atom. The quantitative estimate of drug-likeness (QED) is 0.710. The average molecular weight is 354 g/mol. The number of aryl methyl sites for hydroxylation is 1.